The maximum absolute atomic E-state index is 11.6. The molecule has 2 heterocycles. The second kappa shape index (κ2) is 6.94. The fourth-order valence-corrected chi connectivity index (χ4v) is 2.83. The monoisotopic (exact) mass is 329 g/mol. The normalized spacial score (nSPS) is 18.5. The van der Waals surface area contributed by atoms with Gasteiger partial charge in [-0.3, -0.25) is 9.69 Å². The van der Waals surface area contributed by atoms with Crippen LogP contribution in [-0.2, 0) is 11.3 Å². The van der Waals surface area contributed by atoms with Crippen LogP contribution in [0, 0.1) is 6.92 Å². The van der Waals surface area contributed by atoms with Gasteiger partial charge in [0.15, 0.2) is 0 Å². The lowest BCUT2D eigenvalue weighted by molar-refractivity contribution is -0.0374. The summed E-state index contributed by atoms with van der Waals surface area (Å²) >= 11 is 0. The molecule has 1 aliphatic heterocycles. The van der Waals surface area contributed by atoms with Crippen molar-refractivity contribution in [2.45, 2.75) is 19.6 Å². The Morgan fingerprint density at radius 2 is 2.29 bits per heavy atom. The summed E-state index contributed by atoms with van der Waals surface area (Å²) < 4.78 is 5.74. The Kier molecular flexibility index (Phi) is 4.73. The largest absolute Gasteiger partial charge is 0.478 e. The van der Waals surface area contributed by atoms with Crippen LogP contribution in [0.25, 0.3) is 0 Å². The van der Waals surface area contributed by atoms with Crippen molar-refractivity contribution in [3.8, 4) is 0 Å². The van der Waals surface area contributed by atoms with E-state index in [0.717, 1.165) is 12.1 Å². The van der Waals surface area contributed by atoms with Gasteiger partial charge in [-0.25, -0.2) is 9.78 Å². The van der Waals surface area contributed by atoms with E-state index in [2.05, 4.69) is 14.9 Å². The van der Waals surface area contributed by atoms with E-state index < -0.39 is 5.97 Å². The lowest BCUT2D eigenvalue weighted by Crippen LogP contribution is -2.39. The zero-order chi connectivity index (χ0) is 17.1. The highest BCUT2D eigenvalue weighted by Gasteiger charge is 2.24. The summed E-state index contributed by atoms with van der Waals surface area (Å²) in [4.78, 5) is 31.9. The molecule has 0 saturated carbocycles. The highest BCUT2D eigenvalue weighted by atomic mass is 16.5. The summed E-state index contributed by atoms with van der Waals surface area (Å²) in [6.45, 7) is 4.25. The van der Waals surface area contributed by atoms with Crippen LogP contribution < -0.4 is 5.56 Å². The zero-order valence-corrected chi connectivity index (χ0v) is 13.4. The summed E-state index contributed by atoms with van der Waals surface area (Å²) in [5.74, 6) is -0.401. The van der Waals surface area contributed by atoms with Gasteiger partial charge in [0.05, 0.1) is 12.2 Å². The average Bonchev–Trinajstić information content (AvgIpc) is 2.54. The number of aromatic nitrogens is 2. The molecule has 0 spiro atoms. The summed E-state index contributed by atoms with van der Waals surface area (Å²) in [5, 5.41) is 9.08. The topological polar surface area (TPSA) is 95.5 Å². The number of benzene rings is 1. The molecule has 24 heavy (non-hydrogen) atoms. The van der Waals surface area contributed by atoms with E-state index in [9.17, 15) is 9.59 Å². The summed E-state index contributed by atoms with van der Waals surface area (Å²) in [6, 6.07) is 8.36. The number of aromatic amines is 1. The number of carboxylic acids is 1. The molecular weight excluding hydrogens is 310 g/mol. The van der Waals surface area contributed by atoms with Crippen molar-refractivity contribution in [3.63, 3.8) is 0 Å². The third-order valence-corrected chi connectivity index (χ3v) is 3.92. The van der Waals surface area contributed by atoms with Crippen LogP contribution in [0.2, 0.25) is 0 Å². The van der Waals surface area contributed by atoms with Crippen molar-refractivity contribution in [1.29, 1.82) is 0 Å². The lowest BCUT2D eigenvalue weighted by Gasteiger charge is -2.32. The van der Waals surface area contributed by atoms with Crippen LogP contribution in [-0.4, -0.2) is 45.6 Å². The number of carbonyl (C=O) groups is 1. The number of rotatable bonds is 4. The maximum Gasteiger partial charge on any atom is 0.335 e. The Labute approximate surface area is 138 Å². The SMILES string of the molecule is Cc1cc(=O)[nH]c(C2CN(Cc3cccc(C(=O)O)c3)CCO2)n1. The van der Waals surface area contributed by atoms with Crippen LogP contribution in [0.3, 0.4) is 0 Å². The predicted molar refractivity (Wildman–Crippen MR) is 87.0 cm³/mol. The van der Waals surface area contributed by atoms with Gasteiger partial charge in [-0.2, -0.15) is 0 Å². The Hall–Kier alpha value is -2.51. The van der Waals surface area contributed by atoms with Gasteiger partial charge in [-0.15, -0.1) is 0 Å². The van der Waals surface area contributed by atoms with Crippen LogP contribution in [0.15, 0.2) is 35.1 Å². The first-order valence-electron chi connectivity index (χ1n) is 7.75. The standard InChI is InChI=1S/C17H19N3O4/c1-11-7-15(21)19-16(18-11)14-10-20(5-6-24-14)9-12-3-2-4-13(8-12)17(22)23/h2-4,7-8,14H,5-6,9-10H2,1H3,(H,22,23)(H,18,19,21). The molecule has 1 aromatic heterocycles. The average molecular weight is 329 g/mol. The first-order chi connectivity index (χ1) is 11.5. The number of nitrogens with zero attached hydrogens (tertiary/aromatic N) is 2. The first kappa shape index (κ1) is 16.4. The van der Waals surface area contributed by atoms with Gasteiger partial charge in [0.1, 0.15) is 11.9 Å². The number of aryl methyl sites for hydroxylation is 1. The van der Waals surface area contributed by atoms with E-state index in [1.165, 1.54) is 6.07 Å². The van der Waals surface area contributed by atoms with Crippen LogP contribution >= 0.6 is 0 Å². The van der Waals surface area contributed by atoms with Crippen molar-refractivity contribution in [3.05, 3.63) is 63.3 Å². The molecule has 1 unspecified atom stereocenters. The highest BCUT2D eigenvalue weighted by Crippen LogP contribution is 2.20. The number of hydrogen-bond acceptors (Lipinski definition) is 5. The van der Waals surface area contributed by atoms with E-state index in [4.69, 9.17) is 9.84 Å². The second-order valence-electron chi connectivity index (χ2n) is 5.87. The highest BCUT2D eigenvalue weighted by molar-refractivity contribution is 5.87. The maximum atomic E-state index is 11.6. The summed E-state index contributed by atoms with van der Waals surface area (Å²) in [7, 11) is 0. The molecule has 1 aromatic carbocycles. The van der Waals surface area contributed by atoms with Gasteiger partial charge in [0.25, 0.3) is 5.56 Å². The minimum absolute atomic E-state index is 0.188. The molecule has 7 heteroatoms. The molecule has 0 aliphatic carbocycles. The van der Waals surface area contributed by atoms with Crippen molar-refractivity contribution in [2.24, 2.45) is 0 Å². The van der Waals surface area contributed by atoms with E-state index in [0.29, 0.717) is 31.2 Å². The molecule has 1 aliphatic rings. The lowest BCUT2D eigenvalue weighted by atomic mass is 10.1. The van der Waals surface area contributed by atoms with E-state index in [1.54, 1.807) is 25.1 Å². The number of carboxylic acid groups (broad SMARTS) is 1. The molecule has 1 fully saturated rings. The fraction of sp³-hybridized carbons (Fsp3) is 0.353. The molecule has 0 radical (unpaired) electrons. The van der Waals surface area contributed by atoms with Gasteiger partial charge >= 0.3 is 5.97 Å². The number of H-pyrrole nitrogens is 1. The third-order valence-electron chi connectivity index (χ3n) is 3.92. The molecule has 2 aromatic rings. The predicted octanol–water partition coefficient (Wildman–Crippen LogP) is 1.35. The Morgan fingerprint density at radius 1 is 1.46 bits per heavy atom. The number of nitrogens with one attached hydrogen (secondary N) is 1. The molecular formula is C17H19N3O4. The smallest absolute Gasteiger partial charge is 0.335 e. The minimum atomic E-state index is -0.932. The quantitative estimate of drug-likeness (QED) is 0.879. The van der Waals surface area contributed by atoms with Gasteiger partial charge in [-0.1, -0.05) is 12.1 Å². The fourth-order valence-electron chi connectivity index (χ4n) is 2.83. The summed E-state index contributed by atoms with van der Waals surface area (Å²) in [5.41, 5.74) is 1.68. The molecule has 126 valence electrons. The number of morpholine rings is 1. The van der Waals surface area contributed by atoms with Crippen molar-refractivity contribution < 1.29 is 14.6 Å². The van der Waals surface area contributed by atoms with Gasteiger partial charge in [0.2, 0.25) is 0 Å². The van der Waals surface area contributed by atoms with E-state index in [-0.39, 0.29) is 17.2 Å². The zero-order valence-electron chi connectivity index (χ0n) is 13.4. The Bertz CT molecular complexity index is 802. The molecule has 3 rings (SSSR count). The number of ether oxygens (including phenoxy) is 1. The third kappa shape index (κ3) is 3.87. The van der Waals surface area contributed by atoms with Crippen molar-refractivity contribution in [2.75, 3.05) is 19.7 Å². The van der Waals surface area contributed by atoms with E-state index >= 15 is 0 Å². The molecule has 7 nitrogen and oxygen atoms in total. The first-order valence-corrected chi connectivity index (χ1v) is 7.75. The van der Waals surface area contributed by atoms with Crippen molar-refractivity contribution >= 4 is 5.97 Å². The second-order valence-corrected chi connectivity index (χ2v) is 5.87. The van der Waals surface area contributed by atoms with Gasteiger partial charge in [0, 0.05) is 31.4 Å². The number of aromatic carboxylic acids is 1. The number of hydrogen-bond donors (Lipinski definition) is 2. The Balaban J connectivity index is 1.73. The molecule has 1 saturated heterocycles. The molecule has 2 N–H and O–H groups in total. The van der Waals surface area contributed by atoms with Crippen LogP contribution in [0.1, 0.15) is 33.5 Å². The van der Waals surface area contributed by atoms with Crippen LogP contribution in [0.4, 0.5) is 0 Å². The molecule has 0 bridgehead atoms. The Morgan fingerprint density at radius 3 is 3.04 bits per heavy atom. The van der Waals surface area contributed by atoms with Gasteiger partial charge < -0.3 is 14.8 Å². The van der Waals surface area contributed by atoms with Gasteiger partial charge in [-0.05, 0) is 24.6 Å². The van der Waals surface area contributed by atoms with Crippen molar-refractivity contribution in [1.82, 2.24) is 14.9 Å². The summed E-state index contributed by atoms with van der Waals surface area (Å²) in [6.07, 6.45) is -0.297. The molecule has 1 atom stereocenters. The molecule has 0 amide bonds. The minimum Gasteiger partial charge on any atom is -0.478 e. The van der Waals surface area contributed by atoms with E-state index in [1.807, 2.05) is 6.07 Å². The van der Waals surface area contributed by atoms with Crippen LogP contribution in [0.5, 0.6) is 0 Å².